The van der Waals surface area contributed by atoms with Crippen LogP contribution in [0.15, 0.2) is 20.9 Å². The van der Waals surface area contributed by atoms with Crippen LogP contribution < -0.4 is 5.73 Å². The SMILES string of the molecule is NC(=O)CSc1nnc(-c2ccc([N+](=O)[O-])o2)s1. The van der Waals surface area contributed by atoms with E-state index in [4.69, 9.17) is 10.2 Å². The predicted octanol–water partition coefficient (Wildman–Crippen LogP) is 1.28. The molecule has 94 valence electrons. The van der Waals surface area contributed by atoms with E-state index < -0.39 is 10.8 Å². The number of nitro groups is 1. The van der Waals surface area contributed by atoms with Gasteiger partial charge < -0.3 is 10.2 Å². The second-order valence-electron chi connectivity index (χ2n) is 3.02. The molecular formula is C8H6N4O4S2. The number of rotatable bonds is 5. The maximum absolute atomic E-state index is 10.6. The summed E-state index contributed by atoms with van der Waals surface area (Å²) in [4.78, 5) is 20.4. The Morgan fingerprint density at radius 1 is 1.56 bits per heavy atom. The number of hydrogen-bond donors (Lipinski definition) is 1. The number of primary amides is 1. The summed E-state index contributed by atoms with van der Waals surface area (Å²) in [5.41, 5.74) is 5.00. The van der Waals surface area contributed by atoms with E-state index in [-0.39, 0.29) is 17.4 Å². The van der Waals surface area contributed by atoms with Crippen LogP contribution in [0.2, 0.25) is 0 Å². The van der Waals surface area contributed by atoms with Crippen LogP contribution in [0.5, 0.6) is 0 Å². The van der Waals surface area contributed by atoms with Crippen LogP contribution in [0.4, 0.5) is 5.88 Å². The van der Waals surface area contributed by atoms with Crippen LogP contribution in [0.25, 0.3) is 10.8 Å². The van der Waals surface area contributed by atoms with Crippen molar-refractivity contribution >= 4 is 34.9 Å². The number of hydrogen-bond acceptors (Lipinski definition) is 8. The molecule has 0 fully saturated rings. The second-order valence-corrected chi connectivity index (χ2v) is 5.22. The Morgan fingerprint density at radius 2 is 2.33 bits per heavy atom. The number of thioether (sulfide) groups is 1. The first kappa shape index (κ1) is 12.5. The average Bonchev–Trinajstić information content (AvgIpc) is 2.95. The smallest absolute Gasteiger partial charge is 0.398 e. The van der Waals surface area contributed by atoms with Gasteiger partial charge in [0.05, 0.1) is 11.8 Å². The van der Waals surface area contributed by atoms with Gasteiger partial charge in [-0.3, -0.25) is 14.9 Å². The molecule has 0 saturated carbocycles. The molecule has 0 radical (unpaired) electrons. The molecule has 0 aliphatic heterocycles. The van der Waals surface area contributed by atoms with Crippen LogP contribution in [0.1, 0.15) is 0 Å². The van der Waals surface area contributed by atoms with Crippen molar-refractivity contribution in [3.8, 4) is 10.8 Å². The lowest BCUT2D eigenvalue weighted by atomic mass is 10.5. The number of nitrogens with two attached hydrogens (primary N) is 1. The monoisotopic (exact) mass is 286 g/mol. The van der Waals surface area contributed by atoms with Crippen molar-refractivity contribution in [1.82, 2.24) is 10.2 Å². The van der Waals surface area contributed by atoms with E-state index in [9.17, 15) is 14.9 Å². The van der Waals surface area contributed by atoms with E-state index in [0.717, 1.165) is 11.8 Å². The molecular weight excluding hydrogens is 280 g/mol. The van der Waals surface area contributed by atoms with E-state index in [0.29, 0.717) is 9.35 Å². The van der Waals surface area contributed by atoms with Gasteiger partial charge in [-0.15, -0.1) is 10.2 Å². The van der Waals surface area contributed by atoms with E-state index in [2.05, 4.69) is 10.2 Å². The van der Waals surface area contributed by atoms with Crippen LogP contribution in [0.3, 0.4) is 0 Å². The summed E-state index contributed by atoms with van der Waals surface area (Å²) in [5, 5.41) is 18.5. The van der Waals surface area contributed by atoms with E-state index in [1.165, 1.54) is 23.5 Å². The molecule has 18 heavy (non-hydrogen) atoms. The first-order chi connectivity index (χ1) is 8.56. The third kappa shape index (κ3) is 2.84. The molecule has 10 heteroatoms. The zero-order chi connectivity index (χ0) is 13.1. The molecule has 0 spiro atoms. The normalized spacial score (nSPS) is 10.4. The molecule has 1 amide bonds. The maximum atomic E-state index is 10.6. The van der Waals surface area contributed by atoms with Crippen molar-refractivity contribution in [2.24, 2.45) is 5.73 Å². The first-order valence-electron chi connectivity index (χ1n) is 4.55. The molecule has 2 heterocycles. The second kappa shape index (κ2) is 5.14. The molecule has 2 N–H and O–H groups in total. The fraction of sp³-hybridized carbons (Fsp3) is 0.125. The van der Waals surface area contributed by atoms with Crippen LogP contribution in [-0.4, -0.2) is 26.8 Å². The highest BCUT2D eigenvalue weighted by molar-refractivity contribution is 8.01. The third-order valence-corrected chi connectivity index (χ3v) is 3.82. The van der Waals surface area contributed by atoms with Crippen LogP contribution >= 0.6 is 23.1 Å². The Labute approximate surface area is 108 Å². The topological polar surface area (TPSA) is 125 Å². The Hall–Kier alpha value is -1.94. The number of nitrogens with zero attached hydrogens (tertiary/aromatic N) is 3. The highest BCUT2D eigenvalue weighted by Crippen LogP contribution is 2.31. The minimum Gasteiger partial charge on any atom is -0.398 e. The van der Waals surface area contributed by atoms with Gasteiger partial charge in [-0.2, -0.15) is 0 Å². The number of furan rings is 1. The van der Waals surface area contributed by atoms with Crippen LogP contribution in [-0.2, 0) is 4.79 Å². The van der Waals surface area contributed by atoms with Gasteiger partial charge >= 0.3 is 5.88 Å². The Kier molecular flexibility index (Phi) is 3.58. The number of amides is 1. The van der Waals surface area contributed by atoms with E-state index in [1.807, 2.05) is 0 Å². The van der Waals surface area contributed by atoms with Crippen molar-refractivity contribution in [3.63, 3.8) is 0 Å². The van der Waals surface area contributed by atoms with Gasteiger partial charge in [0, 0.05) is 0 Å². The van der Waals surface area contributed by atoms with Crippen molar-refractivity contribution < 1.29 is 14.1 Å². The summed E-state index contributed by atoms with van der Waals surface area (Å²) in [6.45, 7) is 0. The van der Waals surface area contributed by atoms with Crippen molar-refractivity contribution in [2.75, 3.05) is 5.75 Å². The van der Waals surface area contributed by atoms with Gasteiger partial charge in [-0.1, -0.05) is 23.1 Å². The standard InChI is InChI=1S/C8H6N4O4S2/c9-5(13)3-17-8-11-10-7(18-8)4-1-2-6(16-4)12(14)15/h1-2H,3H2,(H2,9,13). The largest absolute Gasteiger partial charge is 0.433 e. The van der Waals surface area contributed by atoms with Crippen molar-refractivity contribution in [2.45, 2.75) is 4.34 Å². The van der Waals surface area contributed by atoms with E-state index in [1.54, 1.807) is 0 Å². The van der Waals surface area contributed by atoms with Gasteiger partial charge in [-0.05, 0) is 6.07 Å². The minimum atomic E-state index is -0.632. The summed E-state index contributed by atoms with van der Waals surface area (Å²) in [6.07, 6.45) is 0. The van der Waals surface area contributed by atoms with Gasteiger partial charge in [0.2, 0.25) is 5.91 Å². The summed E-state index contributed by atoms with van der Waals surface area (Å²) in [7, 11) is 0. The molecule has 0 aliphatic carbocycles. The molecule has 2 aromatic heterocycles. The summed E-state index contributed by atoms with van der Waals surface area (Å²) < 4.78 is 5.52. The van der Waals surface area contributed by atoms with Gasteiger partial charge in [-0.25, -0.2) is 0 Å². The number of carbonyl (C=O) groups excluding carboxylic acids is 1. The molecule has 0 bridgehead atoms. The number of aromatic nitrogens is 2. The Bertz CT molecular complexity index is 593. The maximum Gasteiger partial charge on any atom is 0.433 e. The summed E-state index contributed by atoms with van der Waals surface area (Å²) in [6, 6.07) is 2.69. The minimum absolute atomic E-state index is 0.104. The Balaban J connectivity index is 2.13. The number of carbonyl (C=O) groups is 1. The quantitative estimate of drug-likeness (QED) is 0.498. The third-order valence-electron chi connectivity index (χ3n) is 1.73. The molecule has 2 rings (SSSR count). The predicted molar refractivity (Wildman–Crippen MR) is 64.2 cm³/mol. The molecule has 0 aliphatic rings. The Morgan fingerprint density at radius 3 is 2.94 bits per heavy atom. The fourth-order valence-electron chi connectivity index (χ4n) is 1.04. The van der Waals surface area contributed by atoms with Crippen molar-refractivity contribution in [3.05, 3.63) is 22.2 Å². The summed E-state index contributed by atoms with van der Waals surface area (Å²) in [5.74, 6) is -0.436. The molecule has 0 saturated heterocycles. The van der Waals surface area contributed by atoms with Gasteiger partial charge in [0.25, 0.3) is 0 Å². The molecule has 0 unspecified atom stereocenters. The fourth-order valence-corrected chi connectivity index (χ4v) is 2.59. The molecule has 0 atom stereocenters. The summed E-state index contributed by atoms with van der Waals surface area (Å²) >= 11 is 2.32. The molecule has 8 nitrogen and oxygen atoms in total. The van der Waals surface area contributed by atoms with Gasteiger partial charge in [0.1, 0.15) is 4.92 Å². The lowest BCUT2D eigenvalue weighted by Crippen LogP contribution is -2.12. The average molecular weight is 286 g/mol. The highest BCUT2D eigenvalue weighted by atomic mass is 32.2. The lowest BCUT2D eigenvalue weighted by molar-refractivity contribution is -0.401. The van der Waals surface area contributed by atoms with Crippen LogP contribution in [0, 0.1) is 10.1 Å². The highest BCUT2D eigenvalue weighted by Gasteiger charge is 2.16. The molecule has 0 aromatic carbocycles. The van der Waals surface area contributed by atoms with Crippen molar-refractivity contribution in [1.29, 1.82) is 0 Å². The van der Waals surface area contributed by atoms with E-state index >= 15 is 0 Å². The molecule has 2 aromatic rings. The zero-order valence-corrected chi connectivity index (χ0v) is 10.4. The zero-order valence-electron chi connectivity index (χ0n) is 8.73. The lowest BCUT2D eigenvalue weighted by Gasteiger charge is -1.89. The first-order valence-corrected chi connectivity index (χ1v) is 6.35. The van der Waals surface area contributed by atoms with Gasteiger partial charge in [0.15, 0.2) is 15.1 Å².